The largest absolute Gasteiger partial charge is 0.416 e. The van der Waals surface area contributed by atoms with E-state index in [1.165, 1.54) is 13.1 Å². The number of urea groups is 1. The molecular weight excluding hydrogens is 409 g/mol. The van der Waals surface area contributed by atoms with E-state index in [-0.39, 0.29) is 12.5 Å². The number of nitrogens with one attached hydrogen (secondary N) is 1. The van der Waals surface area contributed by atoms with E-state index in [0.29, 0.717) is 28.9 Å². The number of hydrogen-bond donors (Lipinski definition) is 2. The lowest BCUT2D eigenvalue weighted by Crippen LogP contribution is -2.37. The normalized spacial score (nSPS) is 12.1. The van der Waals surface area contributed by atoms with E-state index in [2.05, 4.69) is 10.5 Å². The first-order valence-electron chi connectivity index (χ1n) is 9.73. The fraction of sp³-hybridized carbons (Fsp3) is 0.364. The lowest BCUT2D eigenvalue weighted by atomic mass is 9.99. The minimum atomic E-state index is -4.44. The highest BCUT2D eigenvalue weighted by Gasteiger charge is 2.30. The van der Waals surface area contributed by atoms with Gasteiger partial charge < -0.3 is 10.2 Å². The molecule has 0 aliphatic rings. The zero-order valence-corrected chi connectivity index (χ0v) is 18.0. The number of hydrazine groups is 1. The number of nitrogens with two attached hydrogens (primary N) is 1. The molecule has 2 rings (SSSR count). The number of alkyl halides is 3. The maximum Gasteiger partial charge on any atom is 0.416 e. The number of hydrogen-bond acceptors (Lipinski definition) is 4. The van der Waals surface area contributed by atoms with Gasteiger partial charge in [-0.1, -0.05) is 43.3 Å². The lowest BCUT2D eigenvalue weighted by molar-refractivity contribution is -0.137. The predicted molar refractivity (Wildman–Crippen MR) is 114 cm³/mol. The SMILES string of the molecule is Cc1cccc(NC(=O)N(C)N)c1CO/N=C(\CC(C)C)c1cccc(C(F)(F)F)c1. The molecule has 6 nitrogen and oxygen atoms in total. The van der Waals surface area contributed by atoms with Crippen molar-refractivity contribution >= 4 is 17.4 Å². The van der Waals surface area contributed by atoms with Crippen LogP contribution in [0.5, 0.6) is 0 Å². The van der Waals surface area contributed by atoms with Crippen LogP contribution in [0.2, 0.25) is 0 Å². The predicted octanol–water partition coefficient (Wildman–Crippen LogP) is 5.32. The summed E-state index contributed by atoms with van der Waals surface area (Å²) in [7, 11) is 1.42. The summed E-state index contributed by atoms with van der Waals surface area (Å²) in [6, 6.07) is 9.86. The quantitative estimate of drug-likeness (QED) is 0.267. The number of rotatable bonds is 7. The molecule has 168 valence electrons. The average Bonchev–Trinajstić information content (AvgIpc) is 2.68. The summed E-state index contributed by atoms with van der Waals surface area (Å²) in [5.74, 6) is 5.61. The Morgan fingerprint density at radius 3 is 2.52 bits per heavy atom. The number of carbonyl (C=O) groups excluding carboxylic acids is 1. The van der Waals surface area contributed by atoms with Gasteiger partial charge in [-0.25, -0.2) is 10.6 Å². The summed E-state index contributed by atoms with van der Waals surface area (Å²) < 4.78 is 39.3. The van der Waals surface area contributed by atoms with Crippen LogP contribution in [0.1, 0.15) is 42.5 Å². The number of benzene rings is 2. The van der Waals surface area contributed by atoms with Crippen LogP contribution in [0.3, 0.4) is 0 Å². The van der Waals surface area contributed by atoms with Crippen LogP contribution < -0.4 is 11.2 Å². The molecule has 9 heteroatoms. The summed E-state index contributed by atoms with van der Waals surface area (Å²) in [6.45, 7) is 5.77. The molecule has 0 spiro atoms. The lowest BCUT2D eigenvalue weighted by Gasteiger charge is -2.16. The van der Waals surface area contributed by atoms with Crippen LogP contribution in [0.15, 0.2) is 47.6 Å². The van der Waals surface area contributed by atoms with Gasteiger partial charge in [-0.3, -0.25) is 5.01 Å². The Morgan fingerprint density at radius 2 is 1.90 bits per heavy atom. The van der Waals surface area contributed by atoms with Crippen molar-refractivity contribution in [3.63, 3.8) is 0 Å². The third-order valence-corrected chi connectivity index (χ3v) is 4.48. The Hall–Kier alpha value is -3.07. The number of anilines is 1. The second-order valence-electron chi connectivity index (χ2n) is 7.63. The Labute approximate surface area is 179 Å². The van der Waals surface area contributed by atoms with E-state index in [1.807, 2.05) is 26.8 Å². The Kier molecular flexibility index (Phi) is 8.04. The molecule has 0 saturated heterocycles. The fourth-order valence-electron chi connectivity index (χ4n) is 2.86. The van der Waals surface area contributed by atoms with Gasteiger partial charge in [-0.15, -0.1) is 0 Å². The minimum Gasteiger partial charge on any atom is -0.391 e. The third kappa shape index (κ3) is 6.99. The highest BCUT2D eigenvalue weighted by Crippen LogP contribution is 2.30. The van der Waals surface area contributed by atoms with Gasteiger partial charge in [0.25, 0.3) is 0 Å². The molecule has 0 aromatic heterocycles. The third-order valence-electron chi connectivity index (χ3n) is 4.48. The van der Waals surface area contributed by atoms with Crippen LogP contribution in [0.25, 0.3) is 0 Å². The van der Waals surface area contributed by atoms with Crippen molar-refractivity contribution in [3.8, 4) is 0 Å². The summed E-state index contributed by atoms with van der Waals surface area (Å²) in [6.07, 6.45) is -4.00. The van der Waals surface area contributed by atoms with E-state index < -0.39 is 17.8 Å². The molecule has 0 radical (unpaired) electrons. The van der Waals surface area contributed by atoms with Crippen LogP contribution in [0, 0.1) is 12.8 Å². The fourth-order valence-corrected chi connectivity index (χ4v) is 2.86. The molecule has 0 saturated carbocycles. The second kappa shape index (κ2) is 10.3. The molecule has 0 aliphatic heterocycles. The first kappa shape index (κ1) is 24.2. The van der Waals surface area contributed by atoms with Crippen LogP contribution in [-0.4, -0.2) is 23.8 Å². The maximum absolute atomic E-state index is 13.1. The number of amides is 2. The number of aryl methyl sites for hydroxylation is 1. The number of carbonyl (C=O) groups is 1. The molecule has 31 heavy (non-hydrogen) atoms. The number of oxime groups is 1. The average molecular weight is 436 g/mol. The monoisotopic (exact) mass is 436 g/mol. The summed E-state index contributed by atoms with van der Waals surface area (Å²) >= 11 is 0. The van der Waals surface area contributed by atoms with Crippen molar-refractivity contribution in [1.82, 2.24) is 5.01 Å². The smallest absolute Gasteiger partial charge is 0.391 e. The van der Waals surface area contributed by atoms with Gasteiger partial charge >= 0.3 is 12.2 Å². The zero-order chi connectivity index (χ0) is 23.2. The number of nitrogens with zero attached hydrogens (tertiary/aromatic N) is 2. The molecule has 0 heterocycles. The number of halogens is 3. The molecule has 2 aromatic rings. The van der Waals surface area contributed by atoms with Gasteiger partial charge in [0.15, 0.2) is 0 Å². The summed E-state index contributed by atoms with van der Waals surface area (Å²) in [4.78, 5) is 17.4. The molecular formula is C22H27F3N4O2. The summed E-state index contributed by atoms with van der Waals surface area (Å²) in [5.41, 5.74) is 2.10. The van der Waals surface area contributed by atoms with Gasteiger partial charge in [0.1, 0.15) is 6.61 Å². The van der Waals surface area contributed by atoms with Crippen molar-refractivity contribution in [2.45, 2.75) is 40.0 Å². The molecule has 0 fully saturated rings. The highest BCUT2D eigenvalue weighted by molar-refractivity contribution is 6.00. The maximum atomic E-state index is 13.1. The Balaban J connectivity index is 2.28. The van der Waals surface area contributed by atoms with E-state index in [9.17, 15) is 18.0 Å². The van der Waals surface area contributed by atoms with Gasteiger partial charge in [-0.05, 0) is 48.6 Å². The molecule has 0 atom stereocenters. The highest BCUT2D eigenvalue weighted by atomic mass is 19.4. The first-order chi connectivity index (χ1) is 14.5. The van der Waals surface area contributed by atoms with Crippen LogP contribution >= 0.6 is 0 Å². The summed E-state index contributed by atoms with van der Waals surface area (Å²) in [5, 5.41) is 7.75. The Bertz CT molecular complexity index is 941. The minimum absolute atomic E-state index is 0.0249. The molecule has 2 amide bonds. The standard InChI is InChI=1S/C22H27F3N4O2/c1-14(2)11-20(16-8-6-9-17(12-16)22(23,24)25)28-31-13-18-15(3)7-5-10-19(18)27-21(30)29(4)26/h5-10,12,14H,11,13,26H2,1-4H3,(H,27,30)/b28-20+. The molecule has 0 bridgehead atoms. The van der Waals surface area contributed by atoms with Crippen LogP contribution in [0.4, 0.5) is 23.7 Å². The van der Waals surface area contributed by atoms with E-state index >= 15 is 0 Å². The Morgan fingerprint density at radius 1 is 1.23 bits per heavy atom. The van der Waals surface area contributed by atoms with Gasteiger partial charge in [0.05, 0.1) is 11.3 Å². The van der Waals surface area contributed by atoms with Crippen LogP contribution in [-0.2, 0) is 17.6 Å². The van der Waals surface area contributed by atoms with E-state index in [0.717, 1.165) is 22.7 Å². The second-order valence-corrected chi connectivity index (χ2v) is 7.63. The van der Waals surface area contributed by atoms with Crippen molar-refractivity contribution in [2.24, 2.45) is 16.9 Å². The van der Waals surface area contributed by atoms with Crippen molar-refractivity contribution in [1.29, 1.82) is 0 Å². The van der Waals surface area contributed by atoms with Crippen molar-refractivity contribution in [3.05, 3.63) is 64.7 Å². The van der Waals surface area contributed by atoms with Gasteiger partial charge in [0, 0.05) is 18.3 Å². The molecule has 3 N–H and O–H groups in total. The first-order valence-corrected chi connectivity index (χ1v) is 9.73. The van der Waals surface area contributed by atoms with Crippen molar-refractivity contribution < 1.29 is 22.8 Å². The molecule has 0 unspecified atom stereocenters. The van der Waals surface area contributed by atoms with Gasteiger partial charge in [0.2, 0.25) is 0 Å². The van der Waals surface area contributed by atoms with E-state index in [1.54, 1.807) is 18.2 Å². The molecule has 2 aromatic carbocycles. The van der Waals surface area contributed by atoms with Gasteiger partial charge in [-0.2, -0.15) is 13.2 Å². The zero-order valence-electron chi connectivity index (χ0n) is 18.0. The van der Waals surface area contributed by atoms with E-state index in [4.69, 9.17) is 10.7 Å². The topological polar surface area (TPSA) is 80.0 Å². The van der Waals surface area contributed by atoms with Crippen molar-refractivity contribution in [2.75, 3.05) is 12.4 Å². The molecule has 0 aliphatic carbocycles.